The second-order valence-corrected chi connectivity index (χ2v) is 8.74. The summed E-state index contributed by atoms with van der Waals surface area (Å²) in [5.41, 5.74) is 11.1. The maximum absolute atomic E-state index is 11.7. The van der Waals surface area contributed by atoms with Crippen molar-refractivity contribution in [2.24, 2.45) is 5.11 Å². The lowest BCUT2D eigenvalue weighted by Gasteiger charge is -2.19. The smallest absolute Gasteiger partial charge is 0.409 e. The van der Waals surface area contributed by atoms with Gasteiger partial charge in [-0.15, -0.1) is 0 Å². The van der Waals surface area contributed by atoms with Crippen LogP contribution in [0.15, 0.2) is 53.6 Å². The molecule has 0 aromatic heterocycles. The van der Waals surface area contributed by atoms with Gasteiger partial charge in [-0.3, -0.25) is 4.18 Å². The van der Waals surface area contributed by atoms with Gasteiger partial charge in [0.2, 0.25) is 0 Å². The van der Waals surface area contributed by atoms with Gasteiger partial charge >= 0.3 is 7.05 Å². The number of anilines is 1. The third kappa shape index (κ3) is 9.03. The highest BCUT2D eigenvalue weighted by molar-refractivity contribution is 7.86. The molecule has 9 nitrogen and oxygen atoms in total. The molecule has 2 aromatic carbocycles. The molecule has 170 valence electrons. The second kappa shape index (κ2) is 12.8. The quantitative estimate of drug-likeness (QED) is 0.0925. The van der Waals surface area contributed by atoms with Gasteiger partial charge < -0.3 is 14.6 Å². The number of hydrogen-bond donors (Lipinski definition) is 1. The van der Waals surface area contributed by atoms with E-state index in [1.54, 1.807) is 23.8 Å². The average Bonchev–Trinajstić information content (AvgIpc) is 2.79. The van der Waals surface area contributed by atoms with E-state index >= 15 is 0 Å². The van der Waals surface area contributed by atoms with E-state index in [1.165, 1.54) is 0 Å². The Morgan fingerprint density at radius 3 is 2.25 bits per heavy atom. The van der Waals surface area contributed by atoms with E-state index in [-0.39, 0.29) is 31.9 Å². The van der Waals surface area contributed by atoms with E-state index in [4.69, 9.17) is 14.5 Å². The number of ether oxygens (including phenoxy) is 1. The lowest BCUT2D eigenvalue weighted by atomic mass is 9.85. The standard InChI is InChI=1S/C21H27BN4O5S/c1-22(27)26(2)20-10-6-18(7-11-20)4-5-19-8-12-21(13-9-19)30-15-16-31-32(28,29)17-3-14-24-25-23/h4-13,27H,3,14-17H2,1-2H3/b5-4+. The summed E-state index contributed by atoms with van der Waals surface area (Å²) < 4.78 is 33.7. The van der Waals surface area contributed by atoms with Crippen molar-refractivity contribution in [3.8, 4) is 5.75 Å². The van der Waals surface area contributed by atoms with Crippen molar-refractivity contribution in [2.75, 3.05) is 37.4 Å². The van der Waals surface area contributed by atoms with E-state index in [0.29, 0.717) is 5.75 Å². The van der Waals surface area contributed by atoms with Gasteiger partial charge in [-0.2, -0.15) is 8.42 Å². The fraction of sp³-hybridized carbons (Fsp3) is 0.333. The zero-order chi connectivity index (χ0) is 23.4. The summed E-state index contributed by atoms with van der Waals surface area (Å²) in [6.07, 6.45) is 4.18. The summed E-state index contributed by atoms with van der Waals surface area (Å²) in [6, 6.07) is 15.3. The molecule has 0 radical (unpaired) electrons. The van der Waals surface area contributed by atoms with E-state index in [1.807, 2.05) is 55.6 Å². The van der Waals surface area contributed by atoms with Gasteiger partial charge in [-0.1, -0.05) is 41.5 Å². The second-order valence-electron chi connectivity index (χ2n) is 6.98. The van der Waals surface area contributed by atoms with E-state index in [9.17, 15) is 13.4 Å². The molecular weight excluding hydrogens is 431 g/mol. The van der Waals surface area contributed by atoms with Gasteiger partial charge in [-0.25, -0.2) is 0 Å². The topological polar surface area (TPSA) is 125 Å². The molecule has 0 spiro atoms. The maximum atomic E-state index is 11.7. The number of benzene rings is 2. The minimum Gasteiger partial charge on any atom is -0.491 e. The zero-order valence-electron chi connectivity index (χ0n) is 18.2. The Morgan fingerprint density at radius 1 is 1.09 bits per heavy atom. The Hall–Kier alpha value is -2.98. The molecule has 0 unspecified atom stereocenters. The summed E-state index contributed by atoms with van der Waals surface area (Å²) >= 11 is 0. The number of hydrogen-bond acceptors (Lipinski definition) is 7. The molecular formula is C21H27BN4O5S. The third-order valence-electron chi connectivity index (χ3n) is 4.54. The van der Waals surface area contributed by atoms with Crippen molar-refractivity contribution in [3.05, 3.63) is 70.1 Å². The number of azide groups is 1. The van der Waals surface area contributed by atoms with Crippen molar-refractivity contribution < 1.29 is 22.4 Å². The fourth-order valence-corrected chi connectivity index (χ4v) is 3.56. The lowest BCUT2D eigenvalue weighted by Crippen LogP contribution is -2.32. The van der Waals surface area contributed by atoms with Crippen molar-refractivity contribution in [2.45, 2.75) is 13.2 Å². The Labute approximate surface area is 189 Å². The predicted molar refractivity (Wildman–Crippen MR) is 128 cm³/mol. The normalized spacial score (nSPS) is 11.2. The summed E-state index contributed by atoms with van der Waals surface area (Å²) in [5.74, 6) is 0.407. The monoisotopic (exact) mass is 458 g/mol. The molecule has 0 heterocycles. The number of rotatable bonds is 13. The number of nitrogens with zero attached hydrogens (tertiary/aromatic N) is 4. The third-order valence-corrected chi connectivity index (χ3v) is 5.85. The van der Waals surface area contributed by atoms with Crippen molar-refractivity contribution in [1.82, 2.24) is 0 Å². The largest absolute Gasteiger partial charge is 0.491 e. The molecule has 0 aliphatic heterocycles. The fourth-order valence-electron chi connectivity index (χ4n) is 2.64. The van der Waals surface area contributed by atoms with Gasteiger partial charge in [0, 0.05) is 17.1 Å². The van der Waals surface area contributed by atoms with Gasteiger partial charge in [-0.05, 0) is 61.2 Å². The van der Waals surface area contributed by atoms with Crippen LogP contribution in [0.25, 0.3) is 22.6 Å². The van der Waals surface area contributed by atoms with Crippen LogP contribution in [0.5, 0.6) is 5.75 Å². The summed E-state index contributed by atoms with van der Waals surface area (Å²) in [6.45, 7) is 1.83. The van der Waals surface area contributed by atoms with Crippen LogP contribution in [0.1, 0.15) is 17.5 Å². The molecule has 0 atom stereocenters. The first kappa shape index (κ1) is 25.3. The lowest BCUT2D eigenvalue weighted by molar-refractivity contribution is 0.221. The van der Waals surface area contributed by atoms with Crippen LogP contribution in [0, 0.1) is 0 Å². The minimum atomic E-state index is -3.66. The highest BCUT2D eigenvalue weighted by Gasteiger charge is 2.11. The highest BCUT2D eigenvalue weighted by atomic mass is 32.2. The first-order chi connectivity index (χ1) is 15.3. The Balaban J connectivity index is 1.77. The predicted octanol–water partition coefficient (Wildman–Crippen LogP) is 3.83. The molecule has 1 N–H and O–H groups in total. The molecule has 0 saturated heterocycles. The first-order valence-electron chi connectivity index (χ1n) is 10.1. The Bertz CT molecular complexity index is 1020. The molecule has 0 aliphatic rings. The Kier molecular flexibility index (Phi) is 10.1. The van der Waals surface area contributed by atoms with Gasteiger partial charge in [0.1, 0.15) is 19.0 Å². The average molecular weight is 458 g/mol. The summed E-state index contributed by atoms with van der Waals surface area (Å²) in [5, 5.41) is 12.9. The first-order valence-corrected chi connectivity index (χ1v) is 11.7. The van der Waals surface area contributed by atoms with Crippen molar-refractivity contribution in [1.29, 1.82) is 0 Å². The van der Waals surface area contributed by atoms with Crippen LogP contribution in [0.4, 0.5) is 5.69 Å². The van der Waals surface area contributed by atoms with E-state index in [0.717, 1.165) is 16.8 Å². The van der Waals surface area contributed by atoms with Gasteiger partial charge in [0.05, 0.1) is 5.75 Å². The van der Waals surface area contributed by atoms with Crippen LogP contribution >= 0.6 is 0 Å². The molecule has 2 aromatic rings. The van der Waals surface area contributed by atoms with E-state index in [2.05, 4.69) is 10.0 Å². The molecule has 2 rings (SSSR count). The van der Waals surface area contributed by atoms with Crippen LogP contribution in [0.3, 0.4) is 0 Å². The van der Waals surface area contributed by atoms with Crippen molar-refractivity contribution in [3.63, 3.8) is 0 Å². The van der Waals surface area contributed by atoms with Crippen LogP contribution < -0.4 is 9.55 Å². The van der Waals surface area contributed by atoms with Crippen LogP contribution in [-0.2, 0) is 14.3 Å². The van der Waals surface area contributed by atoms with Crippen LogP contribution in [-0.4, -0.2) is 53.1 Å². The molecule has 0 aliphatic carbocycles. The molecule has 32 heavy (non-hydrogen) atoms. The van der Waals surface area contributed by atoms with Crippen molar-refractivity contribution >= 4 is 35.0 Å². The Morgan fingerprint density at radius 2 is 1.69 bits per heavy atom. The molecule has 0 bridgehead atoms. The minimum absolute atomic E-state index is 0.0915. The zero-order valence-corrected chi connectivity index (χ0v) is 19.0. The molecule has 11 heteroatoms. The summed E-state index contributed by atoms with van der Waals surface area (Å²) in [7, 11) is -2.38. The highest BCUT2D eigenvalue weighted by Crippen LogP contribution is 2.18. The van der Waals surface area contributed by atoms with E-state index < -0.39 is 17.2 Å². The molecule has 0 amide bonds. The molecule has 0 saturated carbocycles. The van der Waals surface area contributed by atoms with Gasteiger partial charge in [0.15, 0.2) is 0 Å². The SMILES string of the molecule is CB(O)N(C)c1ccc(/C=C/c2ccc(OCCOS(=O)(=O)CCCN=[N+]=[N-])cc2)cc1. The maximum Gasteiger partial charge on any atom is 0.409 e. The summed E-state index contributed by atoms with van der Waals surface area (Å²) in [4.78, 5) is 4.34. The molecule has 0 fully saturated rings. The van der Waals surface area contributed by atoms with Crippen LogP contribution in [0.2, 0.25) is 6.82 Å². The van der Waals surface area contributed by atoms with Gasteiger partial charge in [0.25, 0.3) is 10.1 Å².